The molecule has 1 aromatic carbocycles. The van der Waals surface area contributed by atoms with Crippen LogP contribution in [0.2, 0.25) is 0 Å². The minimum Gasteiger partial charge on any atom is -0.271 e. The maximum absolute atomic E-state index is 13.4. The zero-order valence-corrected chi connectivity index (χ0v) is 21.8. The molecule has 0 spiro atoms. The third kappa shape index (κ3) is 5.10. The van der Waals surface area contributed by atoms with Crippen molar-refractivity contribution in [1.29, 1.82) is 0 Å². The highest BCUT2D eigenvalue weighted by atomic mass is 16.2. The molecule has 1 fully saturated rings. The second kappa shape index (κ2) is 11.0. The van der Waals surface area contributed by atoms with Gasteiger partial charge < -0.3 is 0 Å². The predicted molar refractivity (Wildman–Crippen MR) is 154 cm³/mol. The van der Waals surface area contributed by atoms with Gasteiger partial charge in [0.15, 0.2) is 0 Å². The van der Waals surface area contributed by atoms with E-state index >= 15 is 0 Å². The highest BCUT2D eigenvalue weighted by molar-refractivity contribution is 6.04. The zero-order chi connectivity index (χ0) is 26.6. The molecule has 0 radical (unpaired) electrons. The molecule has 6 heteroatoms. The van der Waals surface area contributed by atoms with E-state index in [4.69, 9.17) is 0 Å². The normalized spacial score (nSPS) is 22.8. The molecule has 192 valence electrons. The second-order valence-corrected chi connectivity index (χ2v) is 10.2. The van der Waals surface area contributed by atoms with Crippen LogP contribution in [0.25, 0.3) is 27.5 Å². The summed E-state index contributed by atoms with van der Waals surface area (Å²) in [6, 6.07) is 12.2. The second-order valence-electron chi connectivity index (χ2n) is 10.2. The Bertz CT molecular complexity index is 1550. The number of hydrogen-bond acceptors (Lipinski definition) is 4. The number of rotatable bonds is 3. The molecule has 0 bridgehead atoms. The fraction of sp³-hybridized carbons (Fsp3) is 0.312. The van der Waals surface area contributed by atoms with Gasteiger partial charge in [-0.15, -0.1) is 0 Å². The first-order chi connectivity index (χ1) is 18.5. The molecule has 0 unspecified atom stereocenters. The number of nitrogens with zero attached hydrogens (tertiary/aromatic N) is 4. The van der Waals surface area contributed by atoms with E-state index in [1.165, 1.54) is 61.4 Å². The van der Waals surface area contributed by atoms with Crippen molar-refractivity contribution in [2.75, 3.05) is 6.54 Å². The minimum atomic E-state index is -0.353. The molecule has 6 nitrogen and oxygen atoms in total. The number of fused-ring (bicyclic) bond motifs is 3. The number of amides is 1. The molecule has 1 saturated carbocycles. The Morgan fingerprint density at radius 3 is 2.71 bits per heavy atom. The van der Waals surface area contributed by atoms with Crippen LogP contribution in [0.4, 0.5) is 0 Å². The lowest BCUT2D eigenvalue weighted by Crippen LogP contribution is -2.26. The standard InChI is InChI=1S/C32H32N4O2/c1-4-30(37)35-21-33-17-7-12-27(18-23(35)3)36-31(38)16-14-26-20-34-29-15-13-25(19-28(29)32(26)36)24-10-5-8-22(2)9-6-11-24/h4,7,12-13,15,18-22,24H,1,3,5-6,8-11,17H2,2H3/b12-7-,27-18+,33-21?. The van der Waals surface area contributed by atoms with Gasteiger partial charge in [-0.2, -0.15) is 0 Å². The maximum atomic E-state index is 13.4. The molecule has 38 heavy (non-hydrogen) atoms. The third-order valence-electron chi connectivity index (χ3n) is 7.56. The van der Waals surface area contributed by atoms with Crippen molar-refractivity contribution >= 4 is 39.7 Å². The van der Waals surface area contributed by atoms with Crippen LogP contribution < -0.4 is 5.56 Å². The lowest BCUT2D eigenvalue weighted by molar-refractivity contribution is -0.120. The van der Waals surface area contributed by atoms with Gasteiger partial charge in [-0.1, -0.05) is 64.0 Å². The molecular formula is C32H32N4O2. The average molecular weight is 505 g/mol. The number of benzene rings is 1. The Labute approximate surface area is 223 Å². The van der Waals surface area contributed by atoms with Gasteiger partial charge in [-0.25, -0.2) is 0 Å². The quantitative estimate of drug-likeness (QED) is 0.399. The van der Waals surface area contributed by atoms with Crippen molar-refractivity contribution in [2.24, 2.45) is 10.9 Å². The van der Waals surface area contributed by atoms with Gasteiger partial charge in [-0.3, -0.25) is 29.0 Å². The molecule has 2 aromatic heterocycles. The van der Waals surface area contributed by atoms with Crippen molar-refractivity contribution in [1.82, 2.24) is 14.5 Å². The van der Waals surface area contributed by atoms with E-state index in [0.717, 1.165) is 16.8 Å². The van der Waals surface area contributed by atoms with Crippen molar-refractivity contribution in [2.45, 2.75) is 51.4 Å². The smallest absolute Gasteiger partial charge is 0.271 e. The van der Waals surface area contributed by atoms with Crippen LogP contribution >= 0.6 is 0 Å². The van der Waals surface area contributed by atoms with Gasteiger partial charge >= 0.3 is 5.56 Å². The Morgan fingerprint density at radius 1 is 1.16 bits per heavy atom. The Hall–Kier alpha value is -4.24. The highest BCUT2D eigenvalue weighted by Crippen LogP contribution is 2.35. The number of aliphatic imine (C=N–C) groups is 1. The van der Waals surface area contributed by atoms with Gasteiger partial charge in [0.2, 0.25) is 0 Å². The van der Waals surface area contributed by atoms with E-state index in [1.54, 1.807) is 16.8 Å². The number of pyridine rings is 1. The molecule has 1 aliphatic heterocycles. The van der Waals surface area contributed by atoms with E-state index in [0.29, 0.717) is 34.8 Å². The molecule has 2 aliphatic rings. The summed E-state index contributed by atoms with van der Waals surface area (Å²) >= 11 is 0. The van der Waals surface area contributed by atoms with Crippen molar-refractivity contribution in [3.05, 3.63) is 95.6 Å². The van der Waals surface area contributed by atoms with Crippen LogP contribution in [-0.4, -0.2) is 33.2 Å². The largest absolute Gasteiger partial charge is 0.307 e. The molecule has 0 saturated heterocycles. The lowest BCUT2D eigenvalue weighted by Gasteiger charge is -2.23. The van der Waals surface area contributed by atoms with Crippen LogP contribution in [0.1, 0.15) is 56.9 Å². The lowest BCUT2D eigenvalue weighted by atomic mass is 9.83. The first-order valence-electron chi connectivity index (χ1n) is 13.3. The summed E-state index contributed by atoms with van der Waals surface area (Å²) in [7, 11) is 0. The monoisotopic (exact) mass is 504 g/mol. The van der Waals surface area contributed by atoms with Gasteiger partial charge in [0.25, 0.3) is 5.91 Å². The molecule has 1 aliphatic carbocycles. The third-order valence-corrected chi connectivity index (χ3v) is 7.56. The SMILES string of the molecule is C=CC(=O)N1C=NC/C=C\C(n2c(=O)c#cc3cnc4ccc(C5CCCC(C)CCC5)cc4c32)=C/C1=C. The predicted octanol–water partition coefficient (Wildman–Crippen LogP) is 6.19. The van der Waals surface area contributed by atoms with E-state index in [1.807, 2.05) is 12.2 Å². The van der Waals surface area contributed by atoms with Crippen LogP contribution in [0.15, 0.2) is 77.3 Å². The van der Waals surface area contributed by atoms with Crippen LogP contribution in [0.5, 0.6) is 0 Å². The first-order valence-corrected chi connectivity index (χ1v) is 13.3. The molecule has 0 atom stereocenters. The molecule has 5 rings (SSSR count). The summed E-state index contributed by atoms with van der Waals surface area (Å²) in [5, 5.41) is 1.59. The fourth-order valence-electron chi connectivity index (χ4n) is 5.52. The first kappa shape index (κ1) is 25.4. The van der Waals surface area contributed by atoms with E-state index in [9.17, 15) is 9.59 Å². The Morgan fingerprint density at radius 2 is 1.95 bits per heavy atom. The summed E-state index contributed by atoms with van der Waals surface area (Å²) in [5.41, 5.74) is 3.39. The molecule has 1 amide bonds. The van der Waals surface area contributed by atoms with E-state index < -0.39 is 0 Å². The van der Waals surface area contributed by atoms with Gasteiger partial charge in [0.05, 0.1) is 35.0 Å². The van der Waals surface area contributed by atoms with Crippen molar-refractivity contribution in [3.63, 3.8) is 0 Å². The summed E-state index contributed by atoms with van der Waals surface area (Å²) in [6.45, 7) is 10.3. The summed E-state index contributed by atoms with van der Waals surface area (Å²) in [4.78, 5) is 36.0. The summed E-state index contributed by atoms with van der Waals surface area (Å²) in [5.74, 6) is 0.935. The fourth-order valence-corrected chi connectivity index (χ4v) is 5.52. The van der Waals surface area contributed by atoms with Crippen LogP contribution in [-0.2, 0) is 4.79 Å². The molecule has 3 aromatic rings. The number of carbonyl (C=O) groups is 1. The highest BCUT2D eigenvalue weighted by Gasteiger charge is 2.19. The van der Waals surface area contributed by atoms with Crippen LogP contribution in [0, 0.1) is 18.1 Å². The summed E-state index contributed by atoms with van der Waals surface area (Å²) < 4.78 is 1.61. The van der Waals surface area contributed by atoms with Gasteiger partial charge in [0, 0.05) is 23.3 Å². The number of aromatic nitrogens is 2. The summed E-state index contributed by atoms with van der Waals surface area (Å²) in [6.07, 6.45) is 17.1. The van der Waals surface area contributed by atoms with Crippen LogP contribution in [0.3, 0.4) is 0 Å². The van der Waals surface area contributed by atoms with E-state index in [2.05, 4.69) is 60.4 Å². The number of allylic oxidation sites excluding steroid dienone is 3. The van der Waals surface area contributed by atoms with Crippen molar-refractivity contribution in [3.8, 4) is 0 Å². The van der Waals surface area contributed by atoms with Gasteiger partial charge in [-0.05, 0) is 60.6 Å². The number of carbonyl (C=O) groups excluding carboxylic acids is 1. The number of hydrogen-bond donors (Lipinski definition) is 0. The molecule has 3 heterocycles. The minimum absolute atomic E-state index is 0.341. The van der Waals surface area contributed by atoms with E-state index in [-0.39, 0.29) is 11.5 Å². The maximum Gasteiger partial charge on any atom is 0.307 e. The van der Waals surface area contributed by atoms with Crippen molar-refractivity contribution < 1.29 is 4.79 Å². The zero-order valence-electron chi connectivity index (χ0n) is 21.8. The topological polar surface area (TPSA) is 67.6 Å². The Kier molecular flexibility index (Phi) is 7.37. The molecule has 0 N–H and O–H groups in total. The van der Waals surface area contributed by atoms with Gasteiger partial charge in [0.1, 0.15) is 0 Å². The average Bonchev–Trinajstić information content (AvgIpc) is 3.00. The Balaban J connectivity index is 1.68. The molecular weight excluding hydrogens is 472 g/mol.